The van der Waals surface area contributed by atoms with Crippen LogP contribution in [-0.4, -0.2) is 43.8 Å². The van der Waals surface area contributed by atoms with Crippen molar-refractivity contribution in [2.75, 3.05) is 31.3 Å². The number of aliphatic hydroxyl groups excluding tert-OH is 1. The first kappa shape index (κ1) is 14.8. The fraction of sp³-hybridized carbons (Fsp3) is 0.462. The molecule has 0 aromatic heterocycles. The second-order valence-electron chi connectivity index (χ2n) is 4.50. The third kappa shape index (κ3) is 2.94. The molecular weight excluding hydrogens is 275 g/mol. The van der Waals surface area contributed by atoms with Crippen molar-refractivity contribution in [1.82, 2.24) is 0 Å². The van der Waals surface area contributed by atoms with E-state index in [2.05, 4.69) is 0 Å². The Morgan fingerprint density at radius 1 is 1.45 bits per heavy atom. The molecule has 1 aromatic rings. The Bertz CT molecular complexity index is 490. The molecule has 1 aromatic carbocycles. The minimum absolute atomic E-state index is 0.0325. The highest BCUT2D eigenvalue weighted by Crippen LogP contribution is 2.38. The van der Waals surface area contributed by atoms with Gasteiger partial charge in [-0.2, -0.15) is 13.2 Å². The van der Waals surface area contributed by atoms with Crippen molar-refractivity contribution in [2.45, 2.75) is 12.2 Å². The van der Waals surface area contributed by atoms with Gasteiger partial charge in [0.25, 0.3) is 0 Å². The summed E-state index contributed by atoms with van der Waals surface area (Å²) in [6.45, 7) is 0.425. The maximum atomic E-state index is 13.1. The maximum absolute atomic E-state index is 13.1. The van der Waals surface area contributed by atoms with Gasteiger partial charge in [-0.25, -0.2) is 0 Å². The normalized spacial score (nSPS) is 20.0. The van der Waals surface area contributed by atoms with Crippen LogP contribution in [0.15, 0.2) is 18.2 Å². The van der Waals surface area contributed by atoms with E-state index in [0.717, 1.165) is 6.07 Å². The van der Waals surface area contributed by atoms with Gasteiger partial charge in [0.15, 0.2) is 0 Å². The lowest BCUT2D eigenvalue weighted by Crippen LogP contribution is -2.48. The van der Waals surface area contributed by atoms with Crippen LogP contribution in [0.25, 0.3) is 0 Å². The van der Waals surface area contributed by atoms with Crippen LogP contribution >= 0.6 is 0 Å². The Balaban J connectivity index is 2.46. The van der Waals surface area contributed by atoms with Crippen LogP contribution in [0.1, 0.15) is 15.9 Å². The average molecular weight is 289 g/mol. The van der Waals surface area contributed by atoms with Gasteiger partial charge in [0, 0.05) is 17.8 Å². The van der Waals surface area contributed by atoms with Crippen LogP contribution in [0, 0.1) is 0 Å². The number of carbonyl (C=O) groups is 1. The largest absolute Gasteiger partial charge is 0.418 e. The van der Waals surface area contributed by atoms with E-state index in [-0.39, 0.29) is 31.0 Å². The van der Waals surface area contributed by atoms with Crippen molar-refractivity contribution in [3.8, 4) is 0 Å². The van der Waals surface area contributed by atoms with Crippen LogP contribution in [0.5, 0.6) is 0 Å². The molecule has 1 atom stereocenters. The lowest BCUT2D eigenvalue weighted by molar-refractivity contribution is -0.137. The monoisotopic (exact) mass is 289 g/mol. The van der Waals surface area contributed by atoms with Gasteiger partial charge in [-0.3, -0.25) is 4.79 Å². The molecule has 1 aliphatic rings. The van der Waals surface area contributed by atoms with Gasteiger partial charge in [0.05, 0.1) is 31.4 Å². The number of aldehydes is 1. The zero-order valence-corrected chi connectivity index (χ0v) is 10.6. The second kappa shape index (κ2) is 5.80. The predicted octanol–water partition coefficient (Wildman–Crippen LogP) is 1.72. The van der Waals surface area contributed by atoms with E-state index in [1.54, 1.807) is 0 Å². The number of hydrogen-bond acceptors (Lipinski definition) is 4. The quantitative estimate of drug-likeness (QED) is 0.861. The number of rotatable bonds is 3. The molecule has 7 heteroatoms. The van der Waals surface area contributed by atoms with E-state index >= 15 is 0 Å². The summed E-state index contributed by atoms with van der Waals surface area (Å²) >= 11 is 0. The lowest BCUT2D eigenvalue weighted by atomic mass is 10.1. The molecular formula is C13H14F3NO3. The molecule has 1 aliphatic heterocycles. The number of halogens is 3. The summed E-state index contributed by atoms with van der Waals surface area (Å²) in [6.07, 6.45) is -4.19. The molecule has 4 nitrogen and oxygen atoms in total. The van der Waals surface area contributed by atoms with Gasteiger partial charge in [0.2, 0.25) is 0 Å². The van der Waals surface area contributed by atoms with Crippen molar-refractivity contribution in [3.63, 3.8) is 0 Å². The predicted molar refractivity (Wildman–Crippen MR) is 65.9 cm³/mol. The highest BCUT2D eigenvalue weighted by atomic mass is 19.4. The van der Waals surface area contributed by atoms with Gasteiger partial charge in [-0.1, -0.05) is 0 Å². The van der Waals surface area contributed by atoms with Gasteiger partial charge >= 0.3 is 6.18 Å². The van der Waals surface area contributed by atoms with Crippen LogP contribution in [0.3, 0.4) is 0 Å². The minimum atomic E-state index is -4.56. The van der Waals surface area contributed by atoms with E-state index in [0.29, 0.717) is 12.9 Å². The van der Waals surface area contributed by atoms with Gasteiger partial charge in [-0.05, 0) is 18.2 Å². The number of hydrogen-bond donors (Lipinski definition) is 1. The molecule has 110 valence electrons. The summed E-state index contributed by atoms with van der Waals surface area (Å²) < 4.78 is 44.5. The Morgan fingerprint density at radius 2 is 2.20 bits per heavy atom. The summed E-state index contributed by atoms with van der Waals surface area (Å²) in [7, 11) is 0. The Kier molecular flexibility index (Phi) is 4.29. The molecule has 20 heavy (non-hydrogen) atoms. The average Bonchev–Trinajstić information content (AvgIpc) is 2.45. The molecule has 1 N–H and O–H groups in total. The molecule has 0 aliphatic carbocycles. The smallest absolute Gasteiger partial charge is 0.394 e. The second-order valence-corrected chi connectivity index (χ2v) is 4.50. The van der Waals surface area contributed by atoms with Crippen molar-refractivity contribution in [1.29, 1.82) is 0 Å². The number of nitrogens with zero attached hydrogens (tertiary/aromatic N) is 1. The Labute approximate surface area is 113 Å². The first-order valence-corrected chi connectivity index (χ1v) is 6.09. The van der Waals surface area contributed by atoms with Crippen LogP contribution < -0.4 is 4.90 Å². The van der Waals surface area contributed by atoms with Gasteiger partial charge in [0.1, 0.15) is 6.29 Å². The molecule has 0 spiro atoms. The summed E-state index contributed by atoms with van der Waals surface area (Å²) in [5.41, 5.74) is -0.942. The first-order valence-electron chi connectivity index (χ1n) is 6.09. The fourth-order valence-corrected chi connectivity index (χ4v) is 2.23. The van der Waals surface area contributed by atoms with E-state index in [9.17, 15) is 23.1 Å². The van der Waals surface area contributed by atoms with Crippen molar-refractivity contribution in [2.24, 2.45) is 0 Å². The molecule has 2 rings (SSSR count). The molecule has 0 radical (unpaired) electrons. The zero-order valence-electron chi connectivity index (χ0n) is 10.6. The molecule has 1 unspecified atom stereocenters. The first-order chi connectivity index (χ1) is 9.47. The third-order valence-corrected chi connectivity index (χ3v) is 3.21. The molecule has 0 saturated carbocycles. The van der Waals surface area contributed by atoms with E-state index in [1.165, 1.54) is 17.0 Å². The Hall–Kier alpha value is -1.60. The molecule has 1 fully saturated rings. The van der Waals surface area contributed by atoms with E-state index in [1.807, 2.05) is 0 Å². The number of anilines is 1. The SMILES string of the molecule is O=Cc1ccc(N2CCOCC2CO)c(C(F)(F)F)c1. The van der Waals surface area contributed by atoms with Gasteiger partial charge < -0.3 is 14.7 Å². The van der Waals surface area contributed by atoms with Crippen molar-refractivity contribution in [3.05, 3.63) is 29.3 Å². The number of aliphatic hydroxyl groups is 1. The molecule has 1 saturated heterocycles. The Morgan fingerprint density at radius 3 is 2.80 bits per heavy atom. The molecule has 0 bridgehead atoms. The number of benzene rings is 1. The summed E-state index contributed by atoms with van der Waals surface area (Å²) in [6, 6.07) is 2.90. The van der Waals surface area contributed by atoms with Gasteiger partial charge in [-0.15, -0.1) is 0 Å². The summed E-state index contributed by atoms with van der Waals surface area (Å²) in [5.74, 6) is 0. The fourth-order valence-electron chi connectivity index (χ4n) is 2.23. The molecule has 1 heterocycles. The number of morpholine rings is 1. The summed E-state index contributed by atoms with van der Waals surface area (Å²) in [5, 5.41) is 9.26. The van der Waals surface area contributed by atoms with E-state index < -0.39 is 17.8 Å². The topological polar surface area (TPSA) is 49.8 Å². The van der Waals surface area contributed by atoms with Crippen LogP contribution in [-0.2, 0) is 10.9 Å². The summed E-state index contributed by atoms with van der Waals surface area (Å²) in [4.78, 5) is 12.1. The third-order valence-electron chi connectivity index (χ3n) is 3.21. The van der Waals surface area contributed by atoms with Crippen molar-refractivity contribution >= 4 is 12.0 Å². The minimum Gasteiger partial charge on any atom is -0.394 e. The van der Waals surface area contributed by atoms with E-state index in [4.69, 9.17) is 4.74 Å². The number of alkyl halides is 3. The standard InChI is InChI=1S/C13H14F3NO3/c14-13(15,16)11-5-9(6-18)1-2-12(11)17-3-4-20-8-10(17)7-19/h1-2,5-6,10,19H,3-4,7-8H2. The van der Waals surface area contributed by atoms with Crippen molar-refractivity contribution < 1.29 is 27.8 Å². The lowest BCUT2D eigenvalue weighted by Gasteiger charge is -2.37. The highest BCUT2D eigenvalue weighted by Gasteiger charge is 2.37. The molecule has 0 amide bonds. The maximum Gasteiger partial charge on any atom is 0.418 e. The number of carbonyl (C=O) groups excluding carboxylic acids is 1. The van der Waals surface area contributed by atoms with Crippen LogP contribution in [0.4, 0.5) is 18.9 Å². The zero-order chi connectivity index (χ0) is 14.8. The van der Waals surface area contributed by atoms with Crippen LogP contribution in [0.2, 0.25) is 0 Å². The highest BCUT2D eigenvalue weighted by molar-refractivity contribution is 5.77. The number of ether oxygens (including phenoxy) is 1.